The van der Waals surface area contributed by atoms with Crippen molar-refractivity contribution >= 4 is 5.97 Å². The first-order chi connectivity index (χ1) is 9.58. The van der Waals surface area contributed by atoms with Gasteiger partial charge in [-0.2, -0.15) is 0 Å². The summed E-state index contributed by atoms with van der Waals surface area (Å²) in [5, 5.41) is 9.16. The quantitative estimate of drug-likeness (QED) is 0.918. The van der Waals surface area contributed by atoms with E-state index in [9.17, 15) is 4.79 Å². The van der Waals surface area contributed by atoms with Gasteiger partial charge in [-0.25, -0.2) is 0 Å². The second-order valence-corrected chi connectivity index (χ2v) is 5.78. The molecule has 0 amide bonds. The summed E-state index contributed by atoms with van der Waals surface area (Å²) < 4.78 is 11.4. The van der Waals surface area contributed by atoms with E-state index in [2.05, 4.69) is 6.92 Å². The van der Waals surface area contributed by atoms with Crippen LogP contribution in [-0.4, -0.2) is 24.3 Å². The van der Waals surface area contributed by atoms with Gasteiger partial charge < -0.3 is 14.6 Å². The maximum Gasteiger partial charge on any atom is 0.303 e. The van der Waals surface area contributed by atoms with Crippen LogP contribution in [0.3, 0.4) is 0 Å². The summed E-state index contributed by atoms with van der Waals surface area (Å²) in [5.41, 5.74) is 3.34. The standard InChI is InChI=1S/C16H20O4/c1-9-10(2)16-14(19-5-6-20-16)7-12(9)13(8-15(17)18)11-3-4-11/h7,11,13H,3-6,8H2,1-2H3,(H,17,18). The summed E-state index contributed by atoms with van der Waals surface area (Å²) in [5.74, 6) is 1.47. The third-order valence-corrected chi connectivity index (χ3v) is 4.42. The van der Waals surface area contributed by atoms with Crippen molar-refractivity contribution in [3.63, 3.8) is 0 Å². The molecule has 108 valence electrons. The lowest BCUT2D eigenvalue weighted by Crippen LogP contribution is -2.18. The summed E-state index contributed by atoms with van der Waals surface area (Å²) in [6, 6.07) is 2.00. The monoisotopic (exact) mass is 276 g/mol. The Kier molecular flexibility index (Phi) is 3.32. The van der Waals surface area contributed by atoms with Crippen LogP contribution < -0.4 is 9.47 Å². The van der Waals surface area contributed by atoms with Gasteiger partial charge in [0.25, 0.3) is 0 Å². The predicted octanol–water partition coefficient (Wildman–Crippen LogP) is 3.04. The summed E-state index contributed by atoms with van der Waals surface area (Å²) in [6.45, 7) is 5.22. The molecule has 20 heavy (non-hydrogen) atoms. The second-order valence-electron chi connectivity index (χ2n) is 5.78. The highest BCUT2D eigenvalue weighted by Gasteiger charge is 2.35. The molecule has 4 heteroatoms. The van der Waals surface area contributed by atoms with Crippen molar-refractivity contribution in [2.75, 3.05) is 13.2 Å². The van der Waals surface area contributed by atoms with Crippen molar-refractivity contribution in [1.29, 1.82) is 0 Å². The molecule has 1 saturated carbocycles. The van der Waals surface area contributed by atoms with Crippen LogP contribution in [0.5, 0.6) is 11.5 Å². The van der Waals surface area contributed by atoms with Gasteiger partial charge >= 0.3 is 5.97 Å². The number of fused-ring (bicyclic) bond motifs is 1. The molecule has 0 spiro atoms. The molecule has 1 atom stereocenters. The van der Waals surface area contributed by atoms with Crippen molar-refractivity contribution < 1.29 is 19.4 Å². The smallest absolute Gasteiger partial charge is 0.303 e. The lowest BCUT2D eigenvalue weighted by Gasteiger charge is -2.26. The lowest BCUT2D eigenvalue weighted by molar-refractivity contribution is -0.137. The Bertz CT molecular complexity index is 546. The average Bonchev–Trinajstić information content (AvgIpc) is 3.25. The molecule has 1 aliphatic heterocycles. The Morgan fingerprint density at radius 1 is 1.30 bits per heavy atom. The SMILES string of the molecule is Cc1c(C(CC(=O)O)C2CC2)cc2c(c1C)OCCO2. The first-order valence-corrected chi connectivity index (χ1v) is 7.19. The van der Waals surface area contributed by atoms with E-state index in [1.165, 1.54) is 0 Å². The normalized spacial score (nSPS) is 18.7. The summed E-state index contributed by atoms with van der Waals surface area (Å²) >= 11 is 0. The Hall–Kier alpha value is -1.71. The molecule has 1 aromatic rings. The van der Waals surface area contributed by atoms with E-state index in [-0.39, 0.29) is 12.3 Å². The first-order valence-electron chi connectivity index (χ1n) is 7.19. The Morgan fingerprint density at radius 2 is 2.00 bits per heavy atom. The number of benzene rings is 1. The van der Waals surface area contributed by atoms with Crippen molar-refractivity contribution in [2.24, 2.45) is 5.92 Å². The van der Waals surface area contributed by atoms with E-state index >= 15 is 0 Å². The van der Waals surface area contributed by atoms with Crippen LogP contribution in [0.2, 0.25) is 0 Å². The fraction of sp³-hybridized carbons (Fsp3) is 0.562. The Morgan fingerprint density at radius 3 is 2.65 bits per heavy atom. The lowest BCUT2D eigenvalue weighted by atomic mass is 9.86. The van der Waals surface area contributed by atoms with Crippen LogP contribution in [0.4, 0.5) is 0 Å². The Labute approximate surface area is 118 Å². The van der Waals surface area contributed by atoms with Gasteiger partial charge in [-0.15, -0.1) is 0 Å². The number of carbonyl (C=O) groups is 1. The zero-order chi connectivity index (χ0) is 14.3. The molecule has 4 nitrogen and oxygen atoms in total. The molecular formula is C16H20O4. The number of ether oxygens (including phenoxy) is 2. The third-order valence-electron chi connectivity index (χ3n) is 4.42. The van der Waals surface area contributed by atoms with Crippen molar-refractivity contribution in [2.45, 2.75) is 39.0 Å². The number of rotatable bonds is 4. The molecule has 2 aliphatic rings. The molecule has 1 N–H and O–H groups in total. The molecule has 0 radical (unpaired) electrons. The molecule has 1 unspecified atom stereocenters. The minimum atomic E-state index is -0.728. The van der Waals surface area contributed by atoms with Gasteiger partial charge in [0.05, 0.1) is 6.42 Å². The summed E-state index contributed by atoms with van der Waals surface area (Å²) in [4.78, 5) is 11.1. The highest BCUT2D eigenvalue weighted by atomic mass is 16.6. The van der Waals surface area contributed by atoms with Crippen LogP contribution in [-0.2, 0) is 4.79 Å². The van der Waals surface area contributed by atoms with Crippen LogP contribution in [0.1, 0.15) is 41.9 Å². The van der Waals surface area contributed by atoms with Crippen molar-refractivity contribution in [1.82, 2.24) is 0 Å². The van der Waals surface area contributed by atoms with Crippen molar-refractivity contribution in [3.8, 4) is 11.5 Å². The zero-order valence-corrected chi connectivity index (χ0v) is 11.9. The molecule has 1 fully saturated rings. The van der Waals surface area contributed by atoms with Crippen LogP contribution in [0, 0.1) is 19.8 Å². The van der Waals surface area contributed by atoms with E-state index in [1.807, 2.05) is 13.0 Å². The van der Waals surface area contributed by atoms with Crippen molar-refractivity contribution in [3.05, 3.63) is 22.8 Å². The molecule has 1 aliphatic carbocycles. The third kappa shape index (κ3) is 2.35. The molecule has 1 aromatic carbocycles. The Balaban J connectivity index is 2.03. The van der Waals surface area contributed by atoms with E-state index < -0.39 is 5.97 Å². The highest BCUT2D eigenvalue weighted by Crippen LogP contribution is 2.48. The number of aliphatic carboxylic acids is 1. The minimum Gasteiger partial charge on any atom is -0.486 e. The number of hydrogen-bond donors (Lipinski definition) is 1. The maximum absolute atomic E-state index is 11.1. The number of hydrogen-bond acceptors (Lipinski definition) is 3. The molecule has 3 rings (SSSR count). The highest BCUT2D eigenvalue weighted by molar-refractivity contribution is 5.69. The fourth-order valence-electron chi connectivity index (χ4n) is 3.07. The average molecular weight is 276 g/mol. The molecule has 0 aromatic heterocycles. The summed E-state index contributed by atoms with van der Waals surface area (Å²) in [6.07, 6.45) is 2.46. The van der Waals surface area contributed by atoms with Gasteiger partial charge in [0, 0.05) is 0 Å². The van der Waals surface area contributed by atoms with Gasteiger partial charge in [-0.3, -0.25) is 4.79 Å². The zero-order valence-electron chi connectivity index (χ0n) is 11.9. The largest absolute Gasteiger partial charge is 0.486 e. The second kappa shape index (κ2) is 5.00. The molecule has 0 bridgehead atoms. The minimum absolute atomic E-state index is 0.0991. The van der Waals surface area contributed by atoms with Gasteiger partial charge in [0.15, 0.2) is 11.5 Å². The van der Waals surface area contributed by atoms with Crippen LogP contribution in [0.25, 0.3) is 0 Å². The van der Waals surface area contributed by atoms with E-state index in [1.54, 1.807) is 0 Å². The molecule has 1 heterocycles. The molecular weight excluding hydrogens is 256 g/mol. The van der Waals surface area contributed by atoms with Gasteiger partial charge in [0.1, 0.15) is 13.2 Å². The van der Waals surface area contributed by atoms with E-state index in [4.69, 9.17) is 14.6 Å². The topological polar surface area (TPSA) is 55.8 Å². The maximum atomic E-state index is 11.1. The van der Waals surface area contributed by atoms with Crippen LogP contribution in [0.15, 0.2) is 6.07 Å². The predicted molar refractivity (Wildman–Crippen MR) is 74.6 cm³/mol. The van der Waals surface area contributed by atoms with E-state index in [0.29, 0.717) is 19.1 Å². The fourth-order valence-corrected chi connectivity index (χ4v) is 3.07. The van der Waals surface area contributed by atoms with Crippen LogP contribution >= 0.6 is 0 Å². The van der Waals surface area contributed by atoms with Gasteiger partial charge in [-0.1, -0.05) is 0 Å². The van der Waals surface area contributed by atoms with Gasteiger partial charge in [-0.05, 0) is 61.3 Å². The van der Waals surface area contributed by atoms with Gasteiger partial charge in [0.2, 0.25) is 0 Å². The summed E-state index contributed by atoms with van der Waals surface area (Å²) in [7, 11) is 0. The number of carboxylic acid groups (broad SMARTS) is 1. The first kappa shape index (κ1) is 13.3. The van der Waals surface area contributed by atoms with E-state index in [0.717, 1.165) is 41.0 Å². The molecule has 0 saturated heterocycles. The number of carboxylic acids is 1.